The summed E-state index contributed by atoms with van der Waals surface area (Å²) < 4.78 is 51.9. The fourth-order valence-electron chi connectivity index (χ4n) is 1.09. The summed E-state index contributed by atoms with van der Waals surface area (Å²) in [6.07, 6.45) is 0.153. The standard InChI is InChI=1S/C10H3F4NO2/c11-5-2-6(12)10(14)8(9(5)13)4(3-15)1-7(16)17/h1-2H,(H,16,17). The van der Waals surface area contributed by atoms with Crippen molar-refractivity contribution in [3.05, 3.63) is 41.0 Å². The summed E-state index contributed by atoms with van der Waals surface area (Å²) in [5, 5.41) is 16.8. The van der Waals surface area contributed by atoms with E-state index < -0.39 is 40.4 Å². The molecule has 0 amide bonds. The molecule has 0 atom stereocenters. The van der Waals surface area contributed by atoms with E-state index in [2.05, 4.69) is 0 Å². The Morgan fingerprint density at radius 3 is 2.06 bits per heavy atom. The van der Waals surface area contributed by atoms with E-state index in [1.165, 1.54) is 0 Å². The highest BCUT2D eigenvalue weighted by atomic mass is 19.2. The smallest absolute Gasteiger partial charge is 0.329 e. The third-order valence-corrected chi connectivity index (χ3v) is 1.77. The second-order valence-corrected chi connectivity index (χ2v) is 2.85. The van der Waals surface area contributed by atoms with Crippen molar-refractivity contribution in [1.82, 2.24) is 0 Å². The second kappa shape index (κ2) is 4.65. The Balaban J connectivity index is 3.61. The van der Waals surface area contributed by atoms with Gasteiger partial charge in [0.2, 0.25) is 0 Å². The normalized spacial score (nSPS) is 11.1. The lowest BCUT2D eigenvalue weighted by molar-refractivity contribution is -0.131. The molecule has 1 aromatic carbocycles. The van der Waals surface area contributed by atoms with Crippen LogP contribution in [0, 0.1) is 34.6 Å². The summed E-state index contributed by atoms with van der Waals surface area (Å²) in [4.78, 5) is 10.3. The molecule has 0 saturated carbocycles. The van der Waals surface area contributed by atoms with Gasteiger partial charge in [-0.1, -0.05) is 0 Å². The van der Waals surface area contributed by atoms with E-state index >= 15 is 0 Å². The maximum absolute atomic E-state index is 13.2. The van der Waals surface area contributed by atoms with Crippen molar-refractivity contribution in [3.8, 4) is 6.07 Å². The first-order valence-electron chi connectivity index (χ1n) is 4.06. The first kappa shape index (κ1) is 12.7. The van der Waals surface area contributed by atoms with Gasteiger partial charge >= 0.3 is 5.97 Å². The molecule has 0 radical (unpaired) electrons. The number of carbonyl (C=O) groups is 1. The van der Waals surface area contributed by atoms with Crippen LogP contribution < -0.4 is 0 Å². The molecule has 0 aliphatic heterocycles. The minimum atomic E-state index is -1.82. The largest absolute Gasteiger partial charge is 0.478 e. The molecule has 17 heavy (non-hydrogen) atoms. The minimum Gasteiger partial charge on any atom is -0.478 e. The number of hydrogen-bond donors (Lipinski definition) is 1. The average molecular weight is 245 g/mol. The van der Waals surface area contributed by atoms with E-state index in [1.54, 1.807) is 0 Å². The predicted octanol–water partition coefficient (Wildman–Crippen LogP) is 2.23. The monoisotopic (exact) mass is 245 g/mol. The Morgan fingerprint density at radius 2 is 1.71 bits per heavy atom. The molecule has 0 bridgehead atoms. The van der Waals surface area contributed by atoms with Gasteiger partial charge in [0.15, 0.2) is 23.3 Å². The number of benzene rings is 1. The van der Waals surface area contributed by atoms with Crippen LogP contribution in [0.2, 0.25) is 0 Å². The van der Waals surface area contributed by atoms with Crippen molar-refractivity contribution in [3.63, 3.8) is 0 Å². The lowest BCUT2D eigenvalue weighted by Gasteiger charge is -2.04. The van der Waals surface area contributed by atoms with Gasteiger partial charge in [-0.3, -0.25) is 0 Å². The fourth-order valence-corrected chi connectivity index (χ4v) is 1.09. The summed E-state index contributed by atoms with van der Waals surface area (Å²) in [6, 6.07) is 1.11. The summed E-state index contributed by atoms with van der Waals surface area (Å²) in [5.41, 5.74) is -2.36. The SMILES string of the molecule is N#CC(=CC(=O)O)c1c(F)c(F)cc(F)c1F. The van der Waals surface area contributed by atoms with Gasteiger partial charge in [0.05, 0.1) is 11.1 Å². The topological polar surface area (TPSA) is 61.1 Å². The van der Waals surface area contributed by atoms with Gasteiger partial charge in [0.1, 0.15) is 6.07 Å². The van der Waals surface area contributed by atoms with Gasteiger partial charge in [-0.2, -0.15) is 5.26 Å². The fraction of sp³-hybridized carbons (Fsp3) is 0. The van der Waals surface area contributed by atoms with E-state index in [0.717, 1.165) is 6.07 Å². The zero-order valence-corrected chi connectivity index (χ0v) is 7.97. The Bertz CT molecular complexity index is 534. The number of nitriles is 1. The van der Waals surface area contributed by atoms with Gasteiger partial charge in [-0.05, 0) is 0 Å². The molecule has 0 spiro atoms. The minimum absolute atomic E-state index is 0.0378. The van der Waals surface area contributed by atoms with Gasteiger partial charge in [0.25, 0.3) is 0 Å². The first-order chi connectivity index (χ1) is 7.88. The molecule has 1 rings (SSSR count). The molecule has 0 saturated heterocycles. The highest BCUT2D eigenvalue weighted by Crippen LogP contribution is 2.25. The van der Waals surface area contributed by atoms with Gasteiger partial charge in [-0.25, -0.2) is 22.4 Å². The van der Waals surface area contributed by atoms with Gasteiger partial charge < -0.3 is 5.11 Å². The molecule has 0 aliphatic carbocycles. The quantitative estimate of drug-likeness (QED) is 0.376. The summed E-state index contributed by atoms with van der Waals surface area (Å²) in [6.45, 7) is 0. The molecule has 0 heterocycles. The lowest BCUT2D eigenvalue weighted by Crippen LogP contribution is -2.03. The molecule has 0 aromatic heterocycles. The number of nitrogens with zero attached hydrogens (tertiary/aromatic N) is 1. The van der Waals surface area contributed by atoms with Crippen molar-refractivity contribution in [2.24, 2.45) is 0 Å². The third-order valence-electron chi connectivity index (χ3n) is 1.77. The predicted molar refractivity (Wildman–Crippen MR) is 47.5 cm³/mol. The number of aliphatic carboxylic acids is 1. The van der Waals surface area contributed by atoms with Crippen molar-refractivity contribution in [2.45, 2.75) is 0 Å². The van der Waals surface area contributed by atoms with Crippen LogP contribution in [0.1, 0.15) is 5.56 Å². The maximum atomic E-state index is 13.2. The number of carboxylic acid groups (broad SMARTS) is 1. The third kappa shape index (κ3) is 2.42. The van der Waals surface area contributed by atoms with E-state index in [1.807, 2.05) is 0 Å². The van der Waals surface area contributed by atoms with Crippen LogP contribution >= 0.6 is 0 Å². The summed E-state index contributed by atoms with van der Waals surface area (Å²) in [7, 11) is 0. The number of carboxylic acids is 1. The van der Waals surface area contributed by atoms with E-state index in [9.17, 15) is 22.4 Å². The zero-order valence-electron chi connectivity index (χ0n) is 7.97. The summed E-state index contributed by atoms with van der Waals surface area (Å²) in [5.74, 6) is -8.75. The van der Waals surface area contributed by atoms with Crippen molar-refractivity contribution < 1.29 is 27.5 Å². The van der Waals surface area contributed by atoms with Crippen LogP contribution in [0.4, 0.5) is 17.6 Å². The molecule has 0 unspecified atom stereocenters. The van der Waals surface area contributed by atoms with Crippen molar-refractivity contribution in [2.75, 3.05) is 0 Å². The second-order valence-electron chi connectivity index (χ2n) is 2.85. The molecule has 3 nitrogen and oxygen atoms in total. The van der Waals surface area contributed by atoms with Gasteiger partial charge in [0, 0.05) is 12.1 Å². The van der Waals surface area contributed by atoms with E-state index in [0.29, 0.717) is 0 Å². The molecule has 88 valence electrons. The Labute approximate surface area is 92.2 Å². The van der Waals surface area contributed by atoms with Crippen LogP contribution in [-0.2, 0) is 4.79 Å². The molecule has 1 N–H and O–H groups in total. The number of halogens is 4. The summed E-state index contributed by atoms with van der Waals surface area (Å²) >= 11 is 0. The number of allylic oxidation sites excluding steroid dienone is 1. The van der Waals surface area contributed by atoms with Crippen LogP contribution in [0.25, 0.3) is 5.57 Å². The molecular weight excluding hydrogens is 242 g/mol. The Kier molecular flexibility index (Phi) is 3.48. The highest BCUT2D eigenvalue weighted by Gasteiger charge is 2.22. The Morgan fingerprint density at radius 1 is 1.24 bits per heavy atom. The molecule has 0 aliphatic rings. The number of rotatable bonds is 2. The molecule has 1 aromatic rings. The van der Waals surface area contributed by atoms with E-state index in [4.69, 9.17) is 10.4 Å². The first-order valence-corrected chi connectivity index (χ1v) is 4.06. The maximum Gasteiger partial charge on any atom is 0.329 e. The van der Waals surface area contributed by atoms with Gasteiger partial charge in [-0.15, -0.1) is 0 Å². The van der Waals surface area contributed by atoms with Crippen molar-refractivity contribution >= 4 is 11.5 Å². The van der Waals surface area contributed by atoms with Crippen molar-refractivity contribution in [1.29, 1.82) is 5.26 Å². The zero-order chi connectivity index (χ0) is 13.2. The van der Waals surface area contributed by atoms with Crippen LogP contribution in [0.15, 0.2) is 12.1 Å². The molecule has 7 heteroatoms. The molecule has 0 fully saturated rings. The van der Waals surface area contributed by atoms with Crippen LogP contribution in [0.5, 0.6) is 0 Å². The number of hydrogen-bond acceptors (Lipinski definition) is 2. The lowest BCUT2D eigenvalue weighted by atomic mass is 10.0. The van der Waals surface area contributed by atoms with Crippen LogP contribution in [-0.4, -0.2) is 11.1 Å². The van der Waals surface area contributed by atoms with Crippen LogP contribution in [0.3, 0.4) is 0 Å². The van der Waals surface area contributed by atoms with E-state index in [-0.39, 0.29) is 12.1 Å². The average Bonchev–Trinajstić information content (AvgIpc) is 2.24. The highest BCUT2D eigenvalue weighted by molar-refractivity contribution is 5.94. The Hall–Kier alpha value is -2.36. The molecular formula is C10H3F4NO2.